The second-order valence-corrected chi connectivity index (χ2v) is 4.28. The summed E-state index contributed by atoms with van der Waals surface area (Å²) in [5, 5.41) is 4.66. The summed E-state index contributed by atoms with van der Waals surface area (Å²) in [4.78, 5) is 13.2. The maximum Gasteiger partial charge on any atom is 0.126 e. The van der Waals surface area contributed by atoms with Gasteiger partial charge in [0, 0.05) is 33.9 Å². The molecule has 0 aliphatic heterocycles. The third-order valence-corrected chi connectivity index (χ3v) is 3.17. The zero-order valence-corrected chi connectivity index (χ0v) is 9.31. The predicted molar refractivity (Wildman–Crippen MR) is 68.3 cm³/mol. The van der Waals surface area contributed by atoms with Crippen molar-refractivity contribution in [2.24, 2.45) is 0 Å². The van der Waals surface area contributed by atoms with Gasteiger partial charge in [-0.25, -0.2) is 9.97 Å². The Bertz CT molecular complexity index is 788. The quantitative estimate of drug-likeness (QED) is 0.426. The van der Waals surface area contributed by atoms with Crippen molar-refractivity contribution in [1.29, 1.82) is 0 Å². The smallest absolute Gasteiger partial charge is 0.126 e. The molecule has 0 saturated carbocycles. The lowest BCUT2D eigenvalue weighted by Gasteiger charge is -2.09. The molecule has 80 valence electrons. The van der Waals surface area contributed by atoms with Crippen LogP contribution in [0.4, 0.5) is 0 Å². The average Bonchev–Trinajstić information content (AvgIpc) is 2.35. The minimum Gasteiger partial charge on any atom is -0.263 e. The summed E-state index contributed by atoms with van der Waals surface area (Å²) in [5.41, 5.74) is 2.02. The van der Waals surface area contributed by atoms with Gasteiger partial charge in [0.1, 0.15) is 5.82 Å². The van der Waals surface area contributed by atoms with Crippen molar-refractivity contribution < 1.29 is 0 Å². The number of hydrogen-bond acceptors (Lipinski definition) is 3. The minimum atomic E-state index is 0.814. The summed E-state index contributed by atoms with van der Waals surface area (Å²) >= 11 is 0. The van der Waals surface area contributed by atoms with Gasteiger partial charge < -0.3 is 0 Å². The first-order valence-electron chi connectivity index (χ1n) is 5.56. The molecule has 0 amide bonds. The van der Waals surface area contributed by atoms with E-state index >= 15 is 0 Å². The first-order valence-corrected chi connectivity index (χ1v) is 5.56. The normalized spacial score (nSPS) is 11.8. The Labute approximate surface area is 97.5 Å². The van der Waals surface area contributed by atoms with E-state index in [2.05, 4.69) is 27.1 Å². The van der Waals surface area contributed by atoms with Gasteiger partial charge in [0.15, 0.2) is 0 Å². The summed E-state index contributed by atoms with van der Waals surface area (Å²) in [6.07, 6.45) is 3.78. The van der Waals surface area contributed by atoms with Gasteiger partial charge in [0.2, 0.25) is 0 Å². The number of aryl methyl sites for hydroxylation is 1. The van der Waals surface area contributed by atoms with Crippen LogP contribution in [0, 0.1) is 6.92 Å². The van der Waals surface area contributed by atoms with Gasteiger partial charge in [-0.05, 0) is 19.1 Å². The van der Waals surface area contributed by atoms with E-state index < -0.39 is 0 Å². The second kappa shape index (κ2) is 2.88. The van der Waals surface area contributed by atoms with Crippen molar-refractivity contribution in [3.63, 3.8) is 0 Å². The molecule has 4 aromatic rings. The van der Waals surface area contributed by atoms with Crippen LogP contribution in [0.3, 0.4) is 0 Å². The summed E-state index contributed by atoms with van der Waals surface area (Å²) < 4.78 is 0. The van der Waals surface area contributed by atoms with Crippen molar-refractivity contribution in [3.05, 3.63) is 42.5 Å². The first-order chi connectivity index (χ1) is 8.33. The maximum atomic E-state index is 4.50. The van der Waals surface area contributed by atoms with E-state index in [0.29, 0.717) is 0 Å². The fourth-order valence-electron chi connectivity index (χ4n) is 2.49. The molecule has 2 aromatic carbocycles. The zero-order valence-electron chi connectivity index (χ0n) is 9.31. The van der Waals surface area contributed by atoms with Gasteiger partial charge in [-0.15, -0.1) is 0 Å². The second-order valence-electron chi connectivity index (χ2n) is 4.28. The molecule has 3 nitrogen and oxygen atoms in total. The number of hydrogen-bond donors (Lipinski definition) is 0. The van der Waals surface area contributed by atoms with E-state index in [0.717, 1.165) is 33.0 Å². The molecule has 3 heteroatoms. The van der Waals surface area contributed by atoms with Gasteiger partial charge in [0.05, 0.1) is 11.0 Å². The van der Waals surface area contributed by atoms with Crippen LogP contribution >= 0.6 is 0 Å². The van der Waals surface area contributed by atoms with Crippen molar-refractivity contribution >= 4 is 32.6 Å². The monoisotopic (exact) mass is 219 g/mol. The molecule has 0 fully saturated rings. The highest BCUT2D eigenvalue weighted by atomic mass is 14.9. The number of rotatable bonds is 0. The van der Waals surface area contributed by atoms with Gasteiger partial charge in [-0.2, -0.15) is 0 Å². The van der Waals surface area contributed by atoms with Crippen molar-refractivity contribution in [2.45, 2.75) is 6.92 Å². The summed E-state index contributed by atoms with van der Waals surface area (Å²) in [7, 11) is 0. The SMILES string of the molecule is Cc1nc2ccc3cncc4ccc(n1)c2c34. The lowest BCUT2D eigenvalue weighted by Crippen LogP contribution is -1.92. The Balaban J connectivity index is 2.45. The Morgan fingerprint density at radius 2 is 1.35 bits per heavy atom. The molecule has 0 N–H and O–H groups in total. The van der Waals surface area contributed by atoms with Gasteiger partial charge in [-0.1, -0.05) is 12.1 Å². The van der Waals surface area contributed by atoms with Gasteiger partial charge >= 0.3 is 0 Å². The predicted octanol–water partition coefficient (Wildman–Crippen LogP) is 3.08. The van der Waals surface area contributed by atoms with Gasteiger partial charge in [0.25, 0.3) is 0 Å². The van der Waals surface area contributed by atoms with E-state index in [1.807, 2.05) is 31.5 Å². The van der Waals surface area contributed by atoms with Crippen LogP contribution in [0.15, 0.2) is 36.7 Å². The summed E-state index contributed by atoms with van der Waals surface area (Å²) in [6.45, 7) is 1.93. The number of nitrogens with zero attached hydrogens (tertiary/aromatic N) is 3. The van der Waals surface area contributed by atoms with Crippen LogP contribution < -0.4 is 0 Å². The molecule has 0 unspecified atom stereocenters. The minimum absolute atomic E-state index is 0.814. The fourth-order valence-corrected chi connectivity index (χ4v) is 2.49. The van der Waals surface area contributed by atoms with Crippen molar-refractivity contribution in [1.82, 2.24) is 15.0 Å². The Morgan fingerprint density at radius 1 is 0.765 bits per heavy atom. The maximum absolute atomic E-state index is 4.50. The lowest BCUT2D eigenvalue weighted by molar-refractivity contribution is 1.12. The average molecular weight is 219 g/mol. The molecule has 0 aliphatic rings. The fraction of sp³-hybridized carbons (Fsp3) is 0.0714. The molecule has 4 rings (SSSR count). The van der Waals surface area contributed by atoms with E-state index in [-0.39, 0.29) is 0 Å². The number of benzene rings is 2. The van der Waals surface area contributed by atoms with E-state index in [1.165, 1.54) is 5.39 Å². The number of aromatic nitrogens is 3. The third-order valence-electron chi connectivity index (χ3n) is 3.17. The van der Waals surface area contributed by atoms with E-state index in [9.17, 15) is 0 Å². The van der Waals surface area contributed by atoms with Crippen molar-refractivity contribution in [2.75, 3.05) is 0 Å². The van der Waals surface area contributed by atoms with E-state index in [1.54, 1.807) is 0 Å². The van der Waals surface area contributed by atoms with Crippen LogP contribution in [0.2, 0.25) is 0 Å². The highest BCUT2D eigenvalue weighted by Crippen LogP contribution is 2.31. The molecule has 2 aromatic heterocycles. The molecule has 0 bridgehead atoms. The lowest BCUT2D eigenvalue weighted by atomic mass is 10.0. The highest BCUT2D eigenvalue weighted by molar-refractivity contribution is 6.20. The molecule has 0 spiro atoms. The van der Waals surface area contributed by atoms with Crippen LogP contribution in [0.5, 0.6) is 0 Å². The Kier molecular flexibility index (Phi) is 1.50. The molecular formula is C14H9N3. The van der Waals surface area contributed by atoms with Gasteiger partial charge in [-0.3, -0.25) is 4.98 Å². The summed E-state index contributed by atoms with van der Waals surface area (Å²) in [5.74, 6) is 0.814. The van der Waals surface area contributed by atoms with Crippen LogP contribution in [0.1, 0.15) is 5.82 Å². The van der Waals surface area contributed by atoms with Crippen LogP contribution in [-0.4, -0.2) is 15.0 Å². The summed E-state index contributed by atoms with van der Waals surface area (Å²) in [6, 6.07) is 8.23. The van der Waals surface area contributed by atoms with E-state index in [4.69, 9.17) is 0 Å². The Morgan fingerprint density at radius 3 is 1.94 bits per heavy atom. The van der Waals surface area contributed by atoms with Crippen LogP contribution in [0.25, 0.3) is 32.6 Å². The Hall–Kier alpha value is -2.29. The molecule has 0 aliphatic carbocycles. The largest absolute Gasteiger partial charge is 0.263 e. The van der Waals surface area contributed by atoms with Crippen molar-refractivity contribution in [3.8, 4) is 0 Å². The molecule has 2 heterocycles. The molecule has 0 saturated heterocycles. The zero-order chi connectivity index (χ0) is 11.4. The number of pyridine rings is 1. The molecule has 17 heavy (non-hydrogen) atoms. The molecule has 0 atom stereocenters. The molecular weight excluding hydrogens is 210 g/mol. The standard InChI is InChI=1S/C14H9N3/c1-8-16-11-4-2-9-6-15-7-10-3-5-12(17-8)14(11)13(9)10/h2-7H,1H3. The topological polar surface area (TPSA) is 38.7 Å². The first kappa shape index (κ1) is 8.82. The third kappa shape index (κ3) is 1.08. The molecule has 0 radical (unpaired) electrons. The highest BCUT2D eigenvalue weighted by Gasteiger charge is 2.09. The van der Waals surface area contributed by atoms with Crippen LogP contribution in [-0.2, 0) is 0 Å².